The van der Waals surface area contributed by atoms with E-state index in [2.05, 4.69) is 16.4 Å². The zero-order chi connectivity index (χ0) is 11.0. The van der Waals surface area contributed by atoms with Gasteiger partial charge in [-0.1, -0.05) is 18.2 Å². The number of pyridine rings is 1. The molecule has 0 atom stereocenters. The highest BCUT2D eigenvalue weighted by Gasteiger charge is 2.14. The van der Waals surface area contributed by atoms with Crippen molar-refractivity contribution in [2.75, 3.05) is 11.9 Å². The van der Waals surface area contributed by atoms with Gasteiger partial charge in [0.1, 0.15) is 0 Å². The van der Waals surface area contributed by atoms with E-state index in [1.54, 1.807) is 0 Å². The van der Waals surface area contributed by atoms with Gasteiger partial charge in [0.05, 0.1) is 11.2 Å². The van der Waals surface area contributed by atoms with Gasteiger partial charge < -0.3 is 10.3 Å². The summed E-state index contributed by atoms with van der Waals surface area (Å²) in [6.45, 7) is 0.959. The van der Waals surface area contributed by atoms with Crippen molar-refractivity contribution in [3.05, 3.63) is 40.2 Å². The summed E-state index contributed by atoms with van der Waals surface area (Å²) in [5.41, 5.74) is 2.93. The fourth-order valence-electron chi connectivity index (χ4n) is 2.36. The zero-order valence-electron chi connectivity index (χ0n) is 9.05. The van der Waals surface area contributed by atoms with Crippen molar-refractivity contribution >= 4 is 16.6 Å². The molecule has 16 heavy (non-hydrogen) atoms. The summed E-state index contributed by atoms with van der Waals surface area (Å²) in [5, 5.41) is 4.51. The summed E-state index contributed by atoms with van der Waals surface area (Å²) in [5.74, 6) is 0. The van der Waals surface area contributed by atoms with Gasteiger partial charge >= 0.3 is 0 Å². The quantitative estimate of drug-likeness (QED) is 0.706. The first-order chi connectivity index (χ1) is 7.86. The van der Waals surface area contributed by atoms with Crippen LogP contribution in [0.4, 0.5) is 5.69 Å². The van der Waals surface area contributed by atoms with Crippen LogP contribution >= 0.6 is 0 Å². The molecule has 2 N–H and O–H groups in total. The second kappa shape index (κ2) is 3.67. The summed E-state index contributed by atoms with van der Waals surface area (Å²) in [6.07, 6.45) is 3.09. The molecular weight excluding hydrogens is 200 g/mol. The normalized spacial score (nSPS) is 15.2. The lowest BCUT2D eigenvalue weighted by atomic mass is 10.1. The molecule has 0 unspecified atom stereocenters. The van der Waals surface area contributed by atoms with Crippen molar-refractivity contribution in [1.82, 2.24) is 4.98 Å². The third-order valence-electron chi connectivity index (χ3n) is 3.18. The SMILES string of the molecule is O=c1[nH]c2ccccc2c2c1CCCCN2. The molecule has 1 aliphatic rings. The maximum absolute atomic E-state index is 11.9. The predicted molar refractivity (Wildman–Crippen MR) is 66.0 cm³/mol. The molecule has 82 valence electrons. The van der Waals surface area contributed by atoms with Gasteiger partial charge in [-0.25, -0.2) is 0 Å². The van der Waals surface area contributed by atoms with Crippen molar-refractivity contribution in [1.29, 1.82) is 0 Å². The first-order valence-electron chi connectivity index (χ1n) is 5.74. The van der Waals surface area contributed by atoms with Gasteiger partial charge in [0.15, 0.2) is 0 Å². The number of aromatic nitrogens is 1. The standard InChI is InChI=1S/C13H14N2O/c16-13-10-6-3-4-8-14-12(10)9-5-1-2-7-11(9)15-13/h1-2,5,7,14H,3-4,6,8H2,(H,15,16). The molecule has 0 saturated carbocycles. The Morgan fingerprint density at radius 1 is 1.12 bits per heavy atom. The first kappa shape index (κ1) is 9.46. The molecule has 0 saturated heterocycles. The van der Waals surface area contributed by atoms with Gasteiger partial charge in [0, 0.05) is 17.5 Å². The summed E-state index contributed by atoms with van der Waals surface area (Å²) in [6, 6.07) is 7.96. The molecule has 1 aromatic carbocycles. The minimum Gasteiger partial charge on any atom is -0.384 e. The third kappa shape index (κ3) is 1.40. The Morgan fingerprint density at radius 3 is 2.94 bits per heavy atom. The average Bonchev–Trinajstić information content (AvgIpc) is 2.55. The minimum atomic E-state index is 0.0584. The number of fused-ring (bicyclic) bond motifs is 3. The molecule has 2 heterocycles. The number of nitrogens with one attached hydrogen (secondary N) is 2. The number of rotatable bonds is 0. The van der Waals surface area contributed by atoms with Crippen LogP contribution in [0.5, 0.6) is 0 Å². The number of hydrogen-bond acceptors (Lipinski definition) is 2. The molecule has 1 aromatic heterocycles. The molecule has 3 rings (SSSR count). The molecule has 0 fully saturated rings. The van der Waals surface area contributed by atoms with Crippen LogP contribution < -0.4 is 10.9 Å². The van der Waals surface area contributed by atoms with Crippen LogP contribution in [-0.2, 0) is 6.42 Å². The van der Waals surface area contributed by atoms with E-state index in [1.165, 1.54) is 0 Å². The number of para-hydroxylation sites is 1. The van der Waals surface area contributed by atoms with Crippen molar-refractivity contribution in [2.45, 2.75) is 19.3 Å². The zero-order valence-corrected chi connectivity index (χ0v) is 9.05. The molecule has 1 aliphatic heterocycles. The van der Waals surface area contributed by atoms with E-state index in [9.17, 15) is 4.79 Å². The number of hydrogen-bond donors (Lipinski definition) is 2. The van der Waals surface area contributed by atoms with E-state index in [1.807, 2.05) is 18.2 Å². The molecule has 3 heteroatoms. The van der Waals surface area contributed by atoms with Crippen molar-refractivity contribution < 1.29 is 0 Å². The number of anilines is 1. The highest BCUT2D eigenvalue weighted by atomic mass is 16.1. The molecular formula is C13H14N2O. The second-order valence-electron chi connectivity index (χ2n) is 4.24. The van der Waals surface area contributed by atoms with E-state index >= 15 is 0 Å². The Hall–Kier alpha value is -1.77. The van der Waals surface area contributed by atoms with E-state index in [0.717, 1.165) is 48.0 Å². The van der Waals surface area contributed by atoms with Gasteiger partial charge in [0.25, 0.3) is 5.56 Å². The lowest BCUT2D eigenvalue weighted by Crippen LogP contribution is -2.15. The average molecular weight is 214 g/mol. The lowest BCUT2D eigenvalue weighted by Gasteiger charge is -2.10. The van der Waals surface area contributed by atoms with Gasteiger partial charge in [-0.3, -0.25) is 4.79 Å². The van der Waals surface area contributed by atoms with Crippen molar-refractivity contribution in [3.8, 4) is 0 Å². The predicted octanol–water partition coefficient (Wildman–Crippen LogP) is 2.28. The Morgan fingerprint density at radius 2 is 2.00 bits per heavy atom. The summed E-state index contributed by atoms with van der Waals surface area (Å²) < 4.78 is 0. The van der Waals surface area contributed by atoms with Crippen LogP contribution in [0.25, 0.3) is 10.9 Å². The number of benzene rings is 1. The summed E-state index contributed by atoms with van der Waals surface area (Å²) >= 11 is 0. The molecule has 2 aromatic rings. The number of H-pyrrole nitrogens is 1. The van der Waals surface area contributed by atoms with Crippen LogP contribution in [-0.4, -0.2) is 11.5 Å². The fourth-order valence-corrected chi connectivity index (χ4v) is 2.36. The largest absolute Gasteiger partial charge is 0.384 e. The monoisotopic (exact) mass is 214 g/mol. The highest BCUT2D eigenvalue weighted by molar-refractivity contribution is 5.92. The second-order valence-corrected chi connectivity index (χ2v) is 4.24. The van der Waals surface area contributed by atoms with Gasteiger partial charge in [-0.05, 0) is 25.3 Å². The molecule has 0 aliphatic carbocycles. The van der Waals surface area contributed by atoms with E-state index in [-0.39, 0.29) is 5.56 Å². The Bertz CT molecular complexity index is 586. The Kier molecular flexibility index (Phi) is 2.17. The molecule has 0 spiro atoms. The van der Waals surface area contributed by atoms with Crippen LogP contribution in [0, 0.1) is 0 Å². The van der Waals surface area contributed by atoms with Gasteiger partial charge in [-0.2, -0.15) is 0 Å². The van der Waals surface area contributed by atoms with E-state index < -0.39 is 0 Å². The van der Waals surface area contributed by atoms with Crippen LogP contribution in [0.2, 0.25) is 0 Å². The maximum Gasteiger partial charge on any atom is 0.253 e. The molecule has 0 bridgehead atoms. The Labute approximate surface area is 93.5 Å². The maximum atomic E-state index is 11.9. The molecule has 3 nitrogen and oxygen atoms in total. The number of aromatic amines is 1. The smallest absolute Gasteiger partial charge is 0.253 e. The van der Waals surface area contributed by atoms with Crippen LogP contribution in [0.3, 0.4) is 0 Å². The highest BCUT2D eigenvalue weighted by Crippen LogP contribution is 2.26. The van der Waals surface area contributed by atoms with E-state index in [0.29, 0.717) is 0 Å². The molecule has 0 amide bonds. The Balaban J connectivity index is 2.37. The van der Waals surface area contributed by atoms with Crippen LogP contribution in [0.1, 0.15) is 18.4 Å². The first-order valence-corrected chi connectivity index (χ1v) is 5.74. The van der Waals surface area contributed by atoms with Crippen molar-refractivity contribution in [3.63, 3.8) is 0 Å². The van der Waals surface area contributed by atoms with Crippen molar-refractivity contribution in [2.24, 2.45) is 0 Å². The van der Waals surface area contributed by atoms with Crippen LogP contribution in [0.15, 0.2) is 29.1 Å². The fraction of sp³-hybridized carbons (Fsp3) is 0.308. The van der Waals surface area contributed by atoms with Gasteiger partial charge in [0.2, 0.25) is 0 Å². The van der Waals surface area contributed by atoms with Gasteiger partial charge in [-0.15, -0.1) is 0 Å². The molecule has 0 radical (unpaired) electrons. The topological polar surface area (TPSA) is 44.9 Å². The summed E-state index contributed by atoms with van der Waals surface area (Å²) in [4.78, 5) is 14.9. The minimum absolute atomic E-state index is 0.0584. The van der Waals surface area contributed by atoms with E-state index in [4.69, 9.17) is 0 Å². The lowest BCUT2D eigenvalue weighted by molar-refractivity contribution is 0.781. The third-order valence-corrected chi connectivity index (χ3v) is 3.18. The summed E-state index contributed by atoms with van der Waals surface area (Å²) in [7, 11) is 0.